The maximum absolute atomic E-state index is 5.43. The van der Waals surface area contributed by atoms with E-state index in [0.717, 1.165) is 22.3 Å². The molecule has 0 spiro atoms. The molecule has 1 unspecified atom stereocenters. The van der Waals surface area contributed by atoms with Gasteiger partial charge in [-0.25, -0.2) is 0 Å². The predicted octanol–water partition coefficient (Wildman–Crippen LogP) is 5.57. The number of nitrogens with zero attached hydrogens (tertiary/aromatic N) is 3. The highest BCUT2D eigenvalue weighted by molar-refractivity contribution is 7.99. The molecule has 0 N–H and O–H groups in total. The number of hydrogen-bond donors (Lipinski definition) is 0. The topological polar surface area (TPSA) is 43.9 Å². The van der Waals surface area contributed by atoms with Crippen LogP contribution < -0.4 is 0 Å². The molecule has 4 aromatic rings. The van der Waals surface area contributed by atoms with E-state index in [1.54, 1.807) is 18.0 Å². The number of aromatic nitrogens is 3. The third kappa shape index (κ3) is 3.43. The Hall–Kier alpha value is -2.79. The maximum atomic E-state index is 5.43. The minimum atomic E-state index is 0.147. The van der Waals surface area contributed by atoms with Crippen molar-refractivity contribution in [2.75, 3.05) is 0 Å². The van der Waals surface area contributed by atoms with Gasteiger partial charge in [-0.1, -0.05) is 66.4 Å². The van der Waals surface area contributed by atoms with Gasteiger partial charge in [0.15, 0.2) is 11.0 Å². The van der Waals surface area contributed by atoms with E-state index in [-0.39, 0.29) is 5.25 Å². The fourth-order valence-electron chi connectivity index (χ4n) is 3.19. The van der Waals surface area contributed by atoms with Crippen LogP contribution >= 0.6 is 11.8 Å². The molecule has 0 aliphatic heterocycles. The lowest BCUT2D eigenvalue weighted by atomic mass is 10.0. The second-order valence-corrected chi connectivity index (χ2v) is 7.59. The Morgan fingerprint density at radius 2 is 1.67 bits per heavy atom. The standard InChI is InChI=1S/C22H21N3OS/c1-15-9-7-8-12-18(15)20(17-10-5-4-6-11-17)27-22-24-23-21(25(22)3)19-13-14-26-16(19)2/h4-14,20H,1-3H3. The molecule has 0 fully saturated rings. The Morgan fingerprint density at radius 1 is 0.926 bits per heavy atom. The molecule has 2 heterocycles. The molecule has 2 aromatic heterocycles. The molecule has 4 rings (SSSR count). The van der Waals surface area contributed by atoms with Gasteiger partial charge in [0.05, 0.1) is 17.1 Å². The molecule has 0 bridgehead atoms. The average Bonchev–Trinajstić information content (AvgIpc) is 3.26. The predicted molar refractivity (Wildman–Crippen MR) is 109 cm³/mol. The lowest BCUT2D eigenvalue weighted by Crippen LogP contribution is -2.02. The SMILES string of the molecule is Cc1ccccc1C(Sc1nnc(-c2ccoc2C)n1C)c1ccccc1. The Bertz CT molecular complexity index is 1050. The Morgan fingerprint density at radius 3 is 2.37 bits per heavy atom. The highest BCUT2D eigenvalue weighted by Gasteiger charge is 2.22. The Kier molecular flexibility index (Phi) is 4.86. The second kappa shape index (κ2) is 7.45. The van der Waals surface area contributed by atoms with Gasteiger partial charge in [-0.05, 0) is 36.6 Å². The molecule has 1 atom stereocenters. The molecule has 136 valence electrons. The highest BCUT2D eigenvalue weighted by Crippen LogP contribution is 2.41. The van der Waals surface area contributed by atoms with E-state index in [9.17, 15) is 0 Å². The van der Waals surface area contributed by atoms with Crippen molar-refractivity contribution in [2.45, 2.75) is 24.3 Å². The molecule has 0 aliphatic carbocycles. The van der Waals surface area contributed by atoms with Gasteiger partial charge in [0.1, 0.15) is 5.76 Å². The van der Waals surface area contributed by atoms with Gasteiger partial charge in [-0.3, -0.25) is 0 Å². The van der Waals surface area contributed by atoms with Crippen molar-refractivity contribution in [3.8, 4) is 11.4 Å². The van der Waals surface area contributed by atoms with Crippen LogP contribution in [0.1, 0.15) is 27.7 Å². The number of hydrogen-bond acceptors (Lipinski definition) is 4. The number of rotatable bonds is 5. The van der Waals surface area contributed by atoms with Crippen LogP contribution in [0, 0.1) is 13.8 Å². The molecule has 4 nitrogen and oxygen atoms in total. The van der Waals surface area contributed by atoms with Crippen LogP contribution in [0.2, 0.25) is 0 Å². The summed E-state index contributed by atoms with van der Waals surface area (Å²) >= 11 is 1.72. The Balaban J connectivity index is 1.74. The largest absolute Gasteiger partial charge is 0.469 e. The first kappa shape index (κ1) is 17.6. The molecule has 2 aromatic carbocycles. The molecule has 0 radical (unpaired) electrons. The van der Waals surface area contributed by atoms with Crippen LogP contribution in [0.3, 0.4) is 0 Å². The molecule has 27 heavy (non-hydrogen) atoms. The van der Waals surface area contributed by atoms with Gasteiger partial charge in [0.25, 0.3) is 0 Å². The van der Waals surface area contributed by atoms with Gasteiger partial charge in [0.2, 0.25) is 0 Å². The van der Waals surface area contributed by atoms with Crippen LogP contribution in [-0.4, -0.2) is 14.8 Å². The lowest BCUT2D eigenvalue weighted by Gasteiger charge is -2.19. The molecule has 0 aliphatic rings. The van der Waals surface area contributed by atoms with Crippen molar-refractivity contribution >= 4 is 11.8 Å². The van der Waals surface area contributed by atoms with Crippen molar-refractivity contribution in [1.29, 1.82) is 0 Å². The molecular weight excluding hydrogens is 354 g/mol. The summed E-state index contributed by atoms with van der Waals surface area (Å²) in [5, 5.41) is 9.91. The van der Waals surface area contributed by atoms with Crippen molar-refractivity contribution < 1.29 is 4.42 Å². The fraction of sp³-hybridized carbons (Fsp3) is 0.182. The van der Waals surface area contributed by atoms with Crippen molar-refractivity contribution in [3.63, 3.8) is 0 Å². The normalized spacial score (nSPS) is 12.3. The van der Waals surface area contributed by atoms with E-state index >= 15 is 0 Å². The van der Waals surface area contributed by atoms with Crippen LogP contribution in [-0.2, 0) is 7.05 Å². The summed E-state index contributed by atoms with van der Waals surface area (Å²) in [7, 11) is 2.00. The van der Waals surface area contributed by atoms with Crippen LogP contribution in [0.25, 0.3) is 11.4 Å². The first-order chi connectivity index (χ1) is 13.1. The summed E-state index contributed by atoms with van der Waals surface area (Å²) in [5.41, 5.74) is 4.79. The van der Waals surface area contributed by atoms with Gasteiger partial charge in [-0.2, -0.15) is 0 Å². The zero-order valence-corrected chi connectivity index (χ0v) is 16.4. The van der Waals surface area contributed by atoms with Gasteiger partial charge >= 0.3 is 0 Å². The minimum Gasteiger partial charge on any atom is -0.469 e. The first-order valence-electron chi connectivity index (χ1n) is 8.86. The number of aryl methyl sites for hydroxylation is 2. The second-order valence-electron chi connectivity index (χ2n) is 6.52. The quantitative estimate of drug-likeness (QED) is 0.428. The van der Waals surface area contributed by atoms with E-state index in [2.05, 4.69) is 65.7 Å². The maximum Gasteiger partial charge on any atom is 0.192 e. The van der Waals surface area contributed by atoms with Crippen molar-refractivity contribution in [2.24, 2.45) is 7.05 Å². The van der Waals surface area contributed by atoms with Crippen LogP contribution in [0.5, 0.6) is 0 Å². The summed E-state index contributed by atoms with van der Waals surface area (Å²) < 4.78 is 7.47. The van der Waals surface area contributed by atoms with E-state index in [0.29, 0.717) is 0 Å². The zero-order valence-electron chi connectivity index (χ0n) is 15.6. The molecule has 5 heteroatoms. The van der Waals surface area contributed by atoms with Gasteiger partial charge < -0.3 is 8.98 Å². The minimum absolute atomic E-state index is 0.147. The third-order valence-corrected chi connectivity index (χ3v) is 6.06. The first-order valence-corrected chi connectivity index (χ1v) is 9.74. The monoisotopic (exact) mass is 375 g/mol. The van der Waals surface area contributed by atoms with Gasteiger partial charge in [0, 0.05) is 7.05 Å². The smallest absolute Gasteiger partial charge is 0.192 e. The summed E-state index contributed by atoms with van der Waals surface area (Å²) in [6.07, 6.45) is 1.69. The summed E-state index contributed by atoms with van der Waals surface area (Å²) in [6.45, 7) is 4.10. The highest BCUT2D eigenvalue weighted by atomic mass is 32.2. The zero-order chi connectivity index (χ0) is 18.8. The molecular formula is C22H21N3OS. The summed E-state index contributed by atoms with van der Waals surface area (Å²) in [6, 6.07) is 21.0. The fourth-order valence-corrected chi connectivity index (χ4v) is 4.42. The molecule has 0 saturated heterocycles. The van der Waals surface area contributed by atoms with E-state index < -0.39 is 0 Å². The van der Waals surface area contributed by atoms with E-state index in [4.69, 9.17) is 4.42 Å². The lowest BCUT2D eigenvalue weighted by molar-refractivity contribution is 0.534. The Labute approximate surface area is 163 Å². The summed E-state index contributed by atoms with van der Waals surface area (Å²) in [4.78, 5) is 0. The molecule has 0 amide bonds. The number of thioether (sulfide) groups is 1. The average molecular weight is 375 g/mol. The third-order valence-electron chi connectivity index (χ3n) is 4.73. The summed E-state index contributed by atoms with van der Waals surface area (Å²) in [5.74, 6) is 1.67. The van der Waals surface area contributed by atoms with Gasteiger partial charge in [-0.15, -0.1) is 10.2 Å². The van der Waals surface area contributed by atoms with Crippen molar-refractivity contribution in [3.05, 3.63) is 89.4 Å². The van der Waals surface area contributed by atoms with E-state index in [1.807, 2.05) is 30.7 Å². The molecule has 0 saturated carbocycles. The van der Waals surface area contributed by atoms with Crippen LogP contribution in [0.15, 0.2) is 76.5 Å². The van der Waals surface area contributed by atoms with Crippen molar-refractivity contribution in [1.82, 2.24) is 14.8 Å². The van der Waals surface area contributed by atoms with E-state index in [1.165, 1.54) is 16.7 Å². The van der Waals surface area contributed by atoms with Crippen LogP contribution in [0.4, 0.5) is 0 Å². The number of furan rings is 1. The number of benzene rings is 2.